The summed E-state index contributed by atoms with van der Waals surface area (Å²) in [6.45, 7) is 7.59. The zero-order chi connectivity index (χ0) is 14.7. The molecular formula is C14H28N2O3. The Morgan fingerprint density at radius 2 is 1.63 bits per heavy atom. The van der Waals surface area contributed by atoms with Crippen LogP contribution in [0.25, 0.3) is 0 Å². The van der Waals surface area contributed by atoms with Crippen molar-refractivity contribution in [2.75, 3.05) is 13.1 Å². The van der Waals surface area contributed by atoms with Crippen molar-refractivity contribution in [3.63, 3.8) is 0 Å². The highest BCUT2D eigenvalue weighted by atomic mass is 16.4. The van der Waals surface area contributed by atoms with Crippen molar-refractivity contribution in [3.8, 4) is 0 Å². The molecule has 0 saturated heterocycles. The van der Waals surface area contributed by atoms with Gasteiger partial charge in [-0.1, -0.05) is 27.2 Å². The van der Waals surface area contributed by atoms with Crippen molar-refractivity contribution in [1.82, 2.24) is 10.6 Å². The predicted molar refractivity (Wildman–Crippen MR) is 76.1 cm³/mol. The molecule has 0 aromatic rings. The highest BCUT2D eigenvalue weighted by molar-refractivity contribution is 5.73. The van der Waals surface area contributed by atoms with Crippen LogP contribution in [0.2, 0.25) is 0 Å². The maximum atomic E-state index is 11.4. The van der Waals surface area contributed by atoms with Crippen molar-refractivity contribution in [1.29, 1.82) is 0 Å². The summed E-state index contributed by atoms with van der Waals surface area (Å²) in [6.07, 6.45) is 3.65. The summed E-state index contributed by atoms with van der Waals surface area (Å²) in [6, 6.07) is -0.131. The number of amides is 2. The largest absolute Gasteiger partial charge is 0.481 e. The van der Waals surface area contributed by atoms with Crippen LogP contribution in [0.5, 0.6) is 0 Å². The first kappa shape index (κ1) is 17.7. The number of carboxylic acids is 1. The van der Waals surface area contributed by atoms with Crippen molar-refractivity contribution >= 4 is 12.0 Å². The second-order valence-corrected chi connectivity index (χ2v) is 5.36. The molecule has 0 rings (SSSR count). The summed E-state index contributed by atoms with van der Waals surface area (Å²) < 4.78 is 0. The lowest BCUT2D eigenvalue weighted by Crippen LogP contribution is -2.37. The fraction of sp³-hybridized carbons (Fsp3) is 0.857. The molecule has 0 radical (unpaired) electrons. The van der Waals surface area contributed by atoms with Gasteiger partial charge in [0.15, 0.2) is 0 Å². The summed E-state index contributed by atoms with van der Waals surface area (Å²) in [5.74, 6) is 0.200. The first-order valence-electron chi connectivity index (χ1n) is 7.19. The lowest BCUT2D eigenvalue weighted by molar-refractivity contribution is -0.137. The minimum Gasteiger partial charge on any atom is -0.481 e. The number of carboxylic acid groups (broad SMARTS) is 1. The van der Waals surface area contributed by atoms with Gasteiger partial charge in [-0.15, -0.1) is 0 Å². The van der Waals surface area contributed by atoms with E-state index in [-0.39, 0.29) is 12.5 Å². The number of hydrogen-bond donors (Lipinski definition) is 3. The van der Waals surface area contributed by atoms with Gasteiger partial charge in [0.25, 0.3) is 0 Å². The number of carbonyl (C=O) groups is 2. The first-order chi connectivity index (χ1) is 8.95. The number of nitrogens with one attached hydrogen (secondary N) is 2. The molecule has 0 fully saturated rings. The van der Waals surface area contributed by atoms with Gasteiger partial charge >= 0.3 is 12.0 Å². The van der Waals surface area contributed by atoms with E-state index < -0.39 is 5.97 Å². The SMILES string of the molecule is CCC(CCNC(=O)NCCC(C)C)CCC(=O)O. The van der Waals surface area contributed by atoms with Gasteiger partial charge in [-0.2, -0.15) is 0 Å². The van der Waals surface area contributed by atoms with Crippen LogP contribution in [0.3, 0.4) is 0 Å². The van der Waals surface area contributed by atoms with Crippen molar-refractivity contribution < 1.29 is 14.7 Å². The maximum Gasteiger partial charge on any atom is 0.314 e. The summed E-state index contributed by atoms with van der Waals surface area (Å²) in [5.41, 5.74) is 0. The standard InChI is InChI=1S/C14H28N2O3/c1-4-12(5-6-13(17)18)8-10-16-14(19)15-9-7-11(2)3/h11-12H,4-10H2,1-3H3,(H,17,18)(H2,15,16,19). The van der Waals surface area contributed by atoms with Crippen LogP contribution in [0.1, 0.15) is 52.9 Å². The molecular weight excluding hydrogens is 244 g/mol. The third-order valence-corrected chi connectivity index (χ3v) is 3.19. The Bertz CT molecular complexity index is 267. The summed E-state index contributed by atoms with van der Waals surface area (Å²) in [4.78, 5) is 21.9. The zero-order valence-corrected chi connectivity index (χ0v) is 12.4. The molecule has 1 unspecified atom stereocenters. The van der Waals surface area contributed by atoms with Gasteiger partial charge in [0.2, 0.25) is 0 Å². The molecule has 0 aliphatic rings. The van der Waals surface area contributed by atoms with E-state index in [1.54, 1.807) is 0 Å². The molecule has 0 aliphatic heterocycles. The van der Waals surface area contributed by atoms with Gasteiger partial charge in [-0.3, -0.25) is 4.79 Å². The minimum absolute atomic E-state index is 0.131. The van der Waals surface area contributed by atoms with Crippen LogP contribution in [0.15, 0.2) is 0 Å². The van der Waals surface area contributed by atoms with Crippen molar-refractivity contribution in [2.45, 2.75) is 52.9 Å². The predicted octanol–water partition coefficient (Wildman–Crippen LogP) is 2.61. The first-order valence-corrected chi connectivity index (χ1v) is 7.19. The molecule has 0 aliphatic carbocycles. The molecule has 0 heterocycles. The average Bonchev–Trinajstić information content (AvgIpc) is 2.32. The van der Waals surface area contributed by atoms with Crippen LogP contribution in [-0.4, -0.2) is 30.2 Å². The topological polar surface area (TPSA) is 78.4 Å². The van der Waals surface area contributed by atoms with Gasteiger partial charge in [0.1, 0.15) is 0 Å². The molecule has 0 spiro atoms. The third-order valence-electron chi connectivity index (χ3n) is 3.19. The van der Waals surface area contributed by atoms with Crippen LogP contribution in [0, 0.1) is 11.8 Å². The van der Waals surface area contributed by atoms with Gasteiger partial charge in [0.05, 0.1) is 0 Å². The summed E-state index contributed by atoms with van der Waals surface area (Å²) in [5, 5.41) is 14.3. The van der Waals surface area contributed by atoms with E-state index in [1.807, 2.05) is 0 Å². The highest BCUT2D eigenvalue weighted by Gasteiger charge is 2.09. The van der Waals surface area contributed by atoms with Crippen molar-refractivity contribution in [2.24, 2.45) is 11.8 Å². The van der Waals surface area contributed by atoms with E-state index in [4.69, 9.17) is 5.11 Å². The Kier molecular flexibility index (Phi) is 9.94. The maximum absolute atomic E-state index is 11.4. The average molecular weight is 272 g/mol. The molecule has 19 heavy (non-hydrogen) atoms. The Morgan fingerprint density at radius 3 is 2.11 bits per heavy atom. The molecule has 0 bridgehead atoms. The van der Waals surface area contributed by atoms with E-state index in [2.05, 4.69) is 31.4 Å². The second kappa shape index (κ2) is 10.6. The lowest BCUT2D eigenvalue weighted by atomic mass is 9.97. The molecule has 112 valence electrons. The molecule has 3 N–H and O–H groups in total. The third kappa shape index (κ3) is 11.6. The van der Waals surface area contributed by atoms with Crippen LogP contribution < -0.4 is 10.6 Å². The number of carbonyl (C=O) groups excluding carboxylic acids is 1. The molecule has 0 aromatic heterocycles. The van der Waals surface area contributed by atoms with Gasteiger partial charge in [-0.25, -0.2) is 4.79 Å². The fourth-order valence-electron chi connectivity index (χ4n) is 1.81. The van der Waals surface area contributed by atoms with E-state index in [9.17, 15) is 9.59 Å². The number of rotatable bonds is 10. The molecule has 1 atom stereocenters. The van der Waals surface area contributed by atoms with Gasteiger partial charge < -0.3 is 15.7 Å². The Labute approximate surface area is 116 Å². The Balaban J connectivity index is 3.63. The Morgan fingerprint density at radius 1 is 1.05 bits per heavy atom. The fourth-order valence-corrected chi connectivity index (χ4v) is 1.81. The normalized spacial score (nSPS) is 12.2. The van der Waals surface area contributed by atoms with Crippen molar-refractivity contribution in [3.05, 3.63) is 0 Å². The molecule has 5 heteroatoms. The van der Waals surface area contributed by atoms with Gasteiger partial charge in [-0.05, 0) is 31.1 Å². The molecule has 2 amide bonds. The minimum atomic E-state index is -0.752. The number of aliphatic carboxylic acids is 1. The summed E-state index contributed by atoms with van der Waals surface area (Å²) >= 11 is 0. The smallest absolute Gasteiger partial charge is 0.314 e. The van der Waals surface area contributed by atoms with E-state index in [0.717, 1.165) is 19.3 Å². The number of urea groups is 1. The summed E-state index contributed by atoms with van der Waals surface area (Å²) in [7, 11) is 0. The highest BCUT2D eigenvalue weighted by Crippen LogP contribution is 2.14. The Hall–Kier alpha value is -1.26. The van der Waals surface area contributed by atoms with E-state index in [0.29, 0.717) is 31.3 Å². The lowest BCUT2D eigenvalue weighted by Gasteiger charge is -2.14. The molecule has 5 nitrogen and oxygen atoms in total. The number of hydrogen-bond acceptors (Lipinski definition) is 2. The van der Waals surface area contributed by atoms with E-state index >= 15 is 0 Å². The quantitative estimate of drug-likeness (QED) is 0.572. The second-order valence-electron chi connectivity index (χ2n) is 5.36. The van der Waals surface area contributed by atoms with Crippen LogP contribution in [0.4, 0.5) is 4.79 Å². The van der Waals surface area contributed by atoms with Crippen LogP contribution >= 0.6 is 0 Å². The van der Waals surface area contributed by atoms with Crippen LogP contribution in [-0.2, 0) is 4.79 Å². The van der Waals surface area contributed by atoms with Gasteiger partial charge in [0, 0.05) is 19.5 Å². The van der Waals surface area contributed by atoms with E-state index in [1.165, 1.54) is 0 Å². The molecule has 0 saturated carbocycles. The molecule has 0 aromatic carbocycles. The zero-order valence-electron chi connectivity index (χ0n) is 12.4. The monoisotopic (exact) mass is 272 g/mol.